The lowest BCUT2D eigenvalue weighted by Gasteiger charge is -2.06. The highest BCUT2D eigenvalue weighted by Gasteiger charge is 2.00. The van der Waals surface area contributed by atoms with Crippen LogP contribution in [-0.4, -0.2) is 11.7 Å². The van der Waals surface area contributed by atoms with Crippen LogP contribution < -0.4 is 0 Å². The number of ether oxygens (including phenoxy) is 1. The van der Waals surface area contributed by atoms with Gasteiger partial charge < -0.3 is 4.74 Å². The van der Waals surface area contributed by atoms with Gasteiger partial charge in [0.25, 0.3) is 0 Å². The number of thiocarbonyl (C=S) groups is 1. The van der Waals surface area contributed by atoms with Crippen LogP contribution in [0.5, 0.6) is 0 Å². The maximum atomic E-state index is 5.76. The third-order valence-electron chi connectivity index (χ3n) is 1.81. The molecule has 14 heavy (non-hydrogen) atoms. The highest BCUT2D eigenvalue weighted by atomic mass is 35.5. The molecular formula is C11H13ClOS. The lowest BCUT2D eigenvalue weighted by Crippen LogP contribution is -2.04. The van der Waals surface area contributed by atoms with Crippen LogP contribution in [0.2, 0.25) is 5.02 Å². The molecule has 1 aromatic rings. The topological polar surface area (TPSA) is 9.23 Å². The van der Waals surface area contributed by atoms with E-state index >= 15 is 0 Å². The summed E-state index contributed by atoms with van der Waals surface area (Å²) in [5.41, 5.74) is 0.917. The van der Waals surface area contributed by atoms with Crippen LogP contribution in [0.4, 0.5) is 0 Å². The fourth-order valence-electron chi connectivity index (χ4n) is 0.979. The van der Waals surface area contributed by atoms with Gasteiger partial charge in [0, 0.05) is 10.6 Å². The second kappa shape index (κ2) is 5.99. The van der Waals surface area contributed by atoms with E-state index in [1.165, 1.54) is 0 Å². The van der Waals surface area contributed by atoms with Gasteiger partial charge in [0.1, 0.15) is 0 Å². The Labute approximate surface area is 95.0 Å². The first kappa shape index (κ1) is 11.5. The fraction of sp³-hybridized carbons (Fsp3) is 0.364. The molecule has 0 saturated heterocycles. The van der Waals surface area contributed by atoms with Crippen LogP contribution >= 0.6 is 23.8 Å². The molecule has 76 valence electrons. The maximum Gasteiger partial charge on any atom is 0.191 e. The molecule has 0 aliphatic carbocycles. The van der Waals surface area contributed by atoms with Crippen LogP contribution in [0.1, 0.15) is 25.3 Å². The molecule has 0 amide bonds. The summed E-state index contributed by atoms with van der Waals surface area (Å²) >= 11 is 10.9. The molecule has 0 atom stereocenters. The number of halogens is 1. The van der Waals surface area contributed by atoms with E-state index in [0.29, 0.717) is 16.7 Å². The van der Waals surface area contributed by atoms with Crippen molar-refractivity contribution in [3.05, 3.63) is 34.9 Å². The summed E-state index contributed by atoms with van der Waals surface area (Å²) in [6.07, 6.45) is 2.15. The lowest BCUT2D eigenvalue weighted by molar-refractivity contribution is 0.306. The first-order chi connectivity index (χ1) is 6.74. The summed E-state index contributed by atoms with van der Waals surface area (Å²) in [7, 11) is 0. The second-order valence-corrected chi connectivity index (χ2v) is 3.80. The molecule has 0 saturated carbocycles. The Hall–Kier alpha value is -0.600. The van der Waals surface area contributed by atoms with Gasteiger partial charge in [-0.2, -0.15) is 0 Å². The van der Waals surface area contributed by atoms with Crippen molar-refractivity contribution in [2.75, 3.05) is 6.61 Å². The Morgan fingerprint density at radius 3 is 2.57 bits per heavy atom. The highest BCUT2D eigenvalue weighted by molar-refractivity contribution is 7.80. The Morgan fingerprint density at radius 1 is 1.36 bits per heavy atom. The minimum absolute atomic E-state index is 0.551. The van der Waals surface area contributed by atoms with Gasteiger partial charge in [0.2, 0.25) is 0 Å². The Kier molecular flexibility index (Phi) is 4.91. The van der Waals surface area contributed by atoms with E-state index in [4.69, 9.17) is 28.6 Å². The number of hydrogen-bond acceptors (Lipinski definition) is 2. The first-order valence-corrected chi connectivity index (χ1v) is 5.45. The quantitative estimate of drug-likeness (QED) is 0.572. The fourth-order valence-corrected chi connectivity index (χ4v) is 1.32. The normalized spacial score (nSPS) is 9.86. The standard InChI is InChI=1S/C11H13ClOS/c1-2-3-8-13-11(14)9-4-6-10(12)7-5-9/h4-7H,2-3,8H2,1H3. The Bertz CT molecular complexity index is 295. The first-order valence-electron chi connectivity index (χ1n) is 4.66. The lowest BCUT2D eigenvalue weighted by atomic mass is 10.2. The van der Waals surface area contributed by atoms with E-state index in [2.05, 4.69) is 6.92 Å². The van der Waals surface area contributed by atoms with Crippen molar-refractivity contribution in [3.8, 4) is 0 Å². The molecule has 1 nitrogen and oxygen atoms in total. The predicted molar refractivity (Wildman–Crippen MR) is 64.0 cm³/mol. The smallest absolute Gasteiger partial charge is 0.191 e. The van der Waals surface area contributed by atoms with Crippen molar-refractivity contribution in [2.24, 2.45) is 0 Å². The minimum atomic E-state index is 0.551. The number of rotatable bonds is 4. The summed E-state index contributed by atoms with van der Waals surface area (Å²) in [6.45, 7) is 2.81. The van der Waals surface area contributed by atoms with Gasteiger partial charge >= 0.3 is 0 Å². The van der Waals surface area contributed by atoms with Gasteiger partial charge in [-0.3, -0.25) is 0 Å². The van der Waals surface area contributed by atoms with E-state index < -0.39 is 0 Å². The SMILES string of the molecule is CCCCOC(=S)c1ccc(Cl)cc1. The molecule has 0 aliphatic rings. The second-order valence-electron chi connectivity index (χ2n) is 3.00. The average molecular weight is 229 g/mol. The molecule has 1 aromatic carbocycles. The van der Waals surface area contributed by atoms with E-state index in [1.54, 1.807) is 0 Å². The van der Waals surface area contributed by atoms with Crippen molar-refractivity contribution in [1.29, 1.82) is 0 Å². The summed E-state index contributed by atoms with van der Waals surface area (Å²) in [4.78, 5) is 0. The Morgan fingerprint density at radius 2 is 2.00 bits per heavy atom. The van der Waals surface area contributed by atoms with Gasteiger partial charge in [-0.15, -0.1) is 0 Å². The van der Waals surface area contributed by atoms with E-state index in [-0.39, 0.29) is 0 Å². The zero-order valence-corrected chi connectivity index (χ0v) is 9.70. The maximum absolute atomic E-state index is 5.76. The van der Waals surface area contributed by atoms with Crippen LogP contribution in [0, 0.1) is 0 Å². The van der Waals surface area contributed by atoms with Crippen LogP contribution in [0.3, 0.4) is 0 Å². The molecule has 3 heteroatoms. The third-order valence-corrected chi connectivity index (χ3v) is 2.42. The molecule has 0 N–H and O–H groups in total. The molecule has 0 aliphatic heterocycles. The largest absolute Gasteiger partial charge is 0.483 e. The van der Waals surface area contributed by atoms with Crippen molar-refractivity contribution in [2.45, 2.75) is 19.8 Å². The number of unbranched alkanes of at least 4 members (excludes halogenated alkanes) is 1. The van der Waals surface area contributed by atoms with Crippen LogP contribution in [0.15, 0.2) is 24.3 Å². The van der Waals surface area contributed by atoms with E-state index in [1.807, 2.05) is 24.3 Å². The van der Waals surface area contributed by atoms with Gasteiger partial charge in [-0.25, -0.2) is 0 Å². The molecular weight excluding hydrogens is 216 g/mol. The number of hydrogen-bond donors (Lipinski definition) is 0. The van der Waals surface area contributed by atoms with Crippen molar-refractivity contribution in [1.82, 2.24) is 0 Å². The van der Waals surface area contributed by atoms with Gasteiger partial charge in [-0.05, 0) is 42.9 Å². The minimum Gasteiger partial charge on any atom is -0.483 e. The van der Waals surface area contributed by atoms with Crippen molar-refractivity contribution in [3.63, 3.8) is 0 Å². The summed E-state index contributed by atoms with van der Waals surface area (Å²) in [5.74, 6) is 0. The molecule has 0 bridgehead atoms. The van der Waals surface area contributed by atoms with E-state index in [9.17, 15) is 0 Å². The molecule has 0 aromatic heterocycles. The monoisotopic (exact) mass is 228 g/mol. The van der Waals surface area contributed by atoms with Gasteiger partial charge in [-0.1, -0.05) is 24.9 Å². The van der Waals surface area contributed by atoms with Crippen molar-refractivity contribution >= 4 is 28.9 Å². The molecule has 0 radical (unpaired) electrons. The van der Waals surface area contributed by atoms with Gasteiger partial charge in [0.15, 0.2) is 5.05 Å². The molecule has 0 fully saturated rings. The molecule has 0 spiro atoms. The zero-order valence-electron chi connectivity index (χ0n) is 8.13. The van der Waals surface area contributed by atoms with Crippen molar-refractivity contribution < 1.29 is 4.74 Å². The molecule has 1 rings (SSSR count). The van der Waals surface area contributed by atoms with Gasteiger partial charge in [0.05, 0.1) is 6.61 Å². The third kappa shape index (κ3) is 3.64. The summed E-state index contributed by atoms with van der Waals surface area (Å²) in [5, 5.41) is 1.26. The highest BCUT2D eigenvalue weighted by Crippen LogP contribution is 2.11. The number of benzene rings is 1. The summed E-state index contributed by atoms with van der Waals surface area (Å²) in [6, 6.07) is 7.37. The average Bonchev–Trinajstić information content (AvgIpc) is 2.19. The predicted octanol–water partition coefficient (Wildman–Crippen LogP) is 3.83. The summed E-state index contributed by atoms with van der Waals surface area (Å²) < 4.78 is 5.40. The Balaban J connectivity index is 2.48. The van der Waals surface area contributed by atoms with Crippen LogP contribution in [-0.2, 0) is 4.74 Å². The molecule has 0 unspecified atom stereocenters. The zero-order chi connectivity index (χ0) is 10.4. The van der Waals surface area contributed by atoms with E-state index in [0.717, 1.165) is 18.4 Å². The molecule has 0 heterocycles. The van der Waals surface area contributed by atoms with Crippen LogP contribution in [0.25, 0.3) is 0 Å².